The molecule has 3 N–H and O–H groups in total. The number of aromatic nitrogens is 3. The number of nitrogens with one attached hydrogen (secondary N) is 3. The molecule has 1 aliphatic carbocycles. The number of nitrogens with zero attached hydrogens (tertiary/aromatic N) is 2. The Balaban J connectivity index is 0.000000192. The van der Waals surface area contributed by atoms with Gasteiger partial charge in [-0.3, -0.25) is 4.79 Å². The molecule has 1 fully saturated rings. The van der Waals surface area contributed by atoms with Crippen molar-refractivity contribution < 1.29 is 9.53 Å². The van der Waals surface area contributed by atoms with Gasteiger partial charge in [-0.05, 0) is 80.6 Å². The lowest BCUT2D eigenvalue weighted by Crippen LogP contribution is -2.26. The number of fused-ring (bicyclic) bond motifs is 2. The van der Waals surface area contributed by atoms with Gasteiger partial charge in [0.1, 0.15) is 5.65 Å². The van der Waals surface area contributed by atoms with Crippen LogP contribution < -0.4 is 15.4 Å². The number of hydrogen-bond acceptors (Lipinski definition) is 6. The smallest absolute Gasteiger partial charge is 0.221 e. The number of pyridine rings is 2. The van der Waals surface area contributed by atoms with Gasteiger partial charge >= 0.3 is 0 Å². The highest BCUT2D eigenvalue weighted by molar-refractivity contribution is 5.88. The number of hydrogen-bond donors (Lipinski definition) is 3. The number of benzene rings is 1. The Hall–Kier alpha value is -3.29. The first-order valence-corrected chi connectivity index (χ1v) is 11.8. The summed E-state index contributed by atoms with van der Waals surface area (Å²) in [5, 5.41) is 9.97. The third kappa shape index (κ3) is 5.79. The Kier molecular flexibility index (Phi) is 7.87. The van der Waals surface area contributed by atoms with Crippen LogP contribution in [-0.4, -0.2) is 41.9 Å². The summed E-state index contributed by atoms with van der Waals surface area (Å²) in [6.45, 7) is 4.78. The maximum Gasteiger partial charge on any atom is 0.221 e. The molecule has 1 saturated carbocycles. The highest BCUT2D eigenvalue weighted by Crippen LogP contribution is 2.27. The van der Waals surface area contributed by atoms with Crippen molar-refractivity contribution in [3.63, 3.8) is 0 Å². The fourth-order valence-corrected chi connectivity index (χ4v) is 4.22. The van der Waals surface area contributed by atoms with Gasteiger partial charge < -0.3 is 20.4 Å². The quantitative estimate of drug-likeness (QED) is 0.335. The lowest BCUT2D eigenvalue weighted by atomic mass is 9.85. The molecule has 0 radical (unpaired) electrons. The van der Waals surface area contributed by atoms with Gasteiger partial charge in [0.2, 0.25) is 5.88 Å². The van der Waals surface area contributed by atoms with E-state index in [1.165, 1.54) is 30.2 Å². The second kappa shape index (κ2) is 11.2. The molecular weight excluding hydrogens is 426 g/mol. The lowest BCUT2D eigenvalue weighted by Gasteiger charge is -2.25. The summed E-state index contributed by atoms with van der Waals surface area (Å²) in [6, 6.07) is 12.5. The molecule has 7 heteroatoms. The predicted octanol–water partition coefficient (Wildman–Crippen LogP) is 4.54. The van der Waals surface area contributed by atoms with Gasteiger partial charge in [-0.1, -0.05) is 12.5 Å². The molecule has 0 aliphatic heterocycles. The van der Waals surface area contributed by atoms with E-state index < -0.39 is 0 Å². The Morgan fingerprint density at radius 2 is 2.00 bits per heavy atom. The molecule has 0 unspecified atom stereocenters. The number of aldehydes is 1. The standard InChI is InChI=1S/C18H25N3O.C9H8N2O/c1-19-12-16-9-15-8-14(11-20-10-13-4-3-5-13)6-7-17(15)18(21-16)22-2;1-6-2-8-3-7(5-12)4-10-9(8)11-6/h6-9,13,19-20H,3-5,10-12H2,1-2H3;2-5H,1H3,(H,10,11). The van der Waals surface area contributed by atoms with Crippen LogP contribution in [0.1, 0.15) is 46.6 Å². The summed E-state index contributed by atoms with van der Waals surface area (Å²) in [5.41, 5.74) is 4.82. The van der Waals surface area contributed by atoms with Crippen molar-refractivity contribution in [2.75, 3.05) is 20.7 Å². The first-order chi connectivity index (χ1) is 16.6. The van der Waals surface area contributed by atoms with Crippen LogP contribution in [0.15, 0.2) is 42.6 Å². The van der Waals surface area contributed by atoms with E-state index in [1.807, 2.05) is 26.1 Å². The van der Waals surface area contributed by atoms with Crippen molar-refractivity contribution in [3.05, 3.63) is 65.1 Å². The minimum atomic E-state index is 0.612. The predicted molar refractivity (Wildman–Crippen MR) is 136 cm³/mol. The number of aryl methyl sites for hydroxylation is 1. The van der Waals surface area contributed by atoms with E-state index >= 15 is 0 Å². The lowest BCUT2D eigenvalue weighted by molar-refractivity contribution is 0.112. The van der Waals surface area contributed by atoms with E-state index in [1.54, 1.807) is 13.3 Å². The summed E-state index contributed by atoms with van der Waals surface area (Å²) in [4.78, 5) is 22.1. The van der Waals surface area contributed by atoms with Gasteiger partial charge in [0.15, 0.2) is 6.29 Å². The Bertz CT molecular complexity index is 1260. The second-order valence-electron chi connectivity index (χ2n) is 8.91. The van der Waals surface area contributed by atoms with Gasteiger partial charge in [0.05, 0.1) is 12.8 Å². The van der Waals surface area contributed by atoms with Crippen LogP contribution >= 0.6 is 0 Å². The highest BCUT2D eigenvalue weighted by Gasteiger charge is 2.16. The highest BCUT2D eigenvalue weighted by atomic mass is 16.5. The number of aromatic amines is 1. The van der Waals surface area contributed by atoms with E-state index in [-0.39, 0.29) is 0 Å². The number of carbonyl (C=O) groups is 1. The Morgan fingerprint density at radius 3 is 2.71 bits per heavy atom. The summed E-state index contributed by atoms with van der Waals surface area (Å²) < 4.78 is 5.43. The number of carbonyl (C=O) groups excluding carboxylic acids is 1. The van der Waals surface area contributed by atoms with Gasteiger partial charge in [0.25, 0.3) is 0 Å². The van der Waals surface area contributed by atoms with Crippen molar-refractivity contribution in [2.24, 2.45) is 5.92 Å². The van der Waals surface area contributed by atoms with Crippen LogP contribution in [0.3, 0.4) is 0 Å². The minimum Gasteiger partial charge on any atom is -0.481 e. The average Bonchev–Trinajstić information content (AvgIpc) is 3.19. The van der Waals surface area contributed by atoms with Gasteiger partial charge in [-0.25, -0.2) is 9.97 Å². The van der Waals surface area contributed by atoms with Crippen LogP contribution in [0.2, 0.25) is 0 Å². The molecule has 178 valence electrons. The van der Waals surface area contributed by atoms with Crippen molar-refractivity contribution in [3.8, 4) is 5.88 Å². The zero-order chi connectivity index (χ0) is 23.9. The van der Waals surface area contributed by atoms with Crippen LogP contribution in [0.25, 0.3) is 21.8 Å². The summed E-state index contributed by atoms with van der Waals surface area (Å²) in [6.07, 6.45) is 6.55. The third-order valence-electron chi connectivity index (χ3n) is 6.21. The topological polar surface area (TPSA) is 91.9 Å². The van der Waals surface area contributed by atoms with Gasteiger partial charge in [0, 0.05) is 41.3 Å². The molecule has 0 bridgehead atoms. The van der Waals surface area contributed by atoms with Gasteiger partial charge in [-0.15, -0.1) is 0 Å². The van der Waals surface area contributed by atoms with Crippen molar-refractivity contribution >= 4 is 28.1 Å². The summed E-state index contributed by atoms with van der Waals surface area (Å²) in [5.74, 6) is 1.60. The van der Waals surface area contributed by atoms with E-state index in [0.717, 1.165) is 59.6 Å². The molecule has 0 spiro atoms. The molecule has 34 heavy (non-hydrogen) atoms. The van der Waals surface area contributed by atoms with Crippen molar-refractivity contribution in [1.82, 2.24) is 25.6 Å². The van der Waals surface area contributed by atoms with Crippen LogP contribution in [0.5, 0.6) is 5.88 Å². The Labute approximate surface area is 200 Å². The molecule has 3 heterocycles. The molecule has 0 saturated heterocycles. The summed E-state index contributed by atoms with van der Waals surface area (Å²) >= 11 is 0. The number of methoxy groups -OCH3 is 1. The summed E-state index contributed by atoms with van der Waals surface area (Å²) in [7, 11) is 3.61. The first kappa shape index (κ1) is 23.9. The van der Waals surface area contributed by atoms with Crippen molar-refractivity contribution in [1.29, 1.82) is 0 Å². The molecule has 5 rings (SSSR count). The molecular formula is C27H33N5O2. The first-order valence-electron chi connectivity index (χ1n) is 11.8. The molecule has 4 aromatic rings. The number of ether oxygens (including phenoxy) is 1. The number of H-pyrrole nitrogens is 1. The monoisotopic (exact) mass is 459 g/mol. The van der Waals surface area contributed by atoms with Crippen LogP contribution in [-0.2, 0) is 13.1 Å². The molecule has 7 nitrogen and oxygen atoms in total. The third-order valence-corrected chi connectivity index (χ3v) is 6.21. The molecule has 3 aromatic heterocycles. The Morgan fingerprint density at radius 1 is 1.15 bits per heavy atom. The minimum absolute atomic E-state index is 0.612. The maximum atomic E-state index is 10.4. The number of rotatable bonds is 8. The fourth-order valence-electron chi connectivity index (χ4n) is 4.22. The second-order valence-corrected chi connectivity index (χ2v) is 8.91. The molecule has 0 atom stereocenters. The van der Waals surface area contributed by atoms with E-state index in [4.69, 9.17) is 4.74 Å². The van der Waals surface area contributed by atoms with Crippen LogP contribution in [0.4, 0.5) is 0 Å². The zero-order valence-corrected chi connectivity index (χ0v) is 20.1. The van der Waals surface area contributed by atoms with Gasteiger partial charge in [-0.2, -0.15) is 0 Å². The molecule has 1 aliphatic rings. The van der Waals surface area contributed by atoms with E-state index in [9.17, 15) is 4.79 Å². The molecule has 0 amide bonds. The zero-order valence-electron chi connectivity index (χ0n) is 20.1. The normalized spacial score (nSPS) is 13.4. The fraction of sp³-hybridized carbons (Fsp3) is 0.370. The SMILES string of the molecule is CNCc1cc2cc(CNCC3CCC3)ccc2c(OC)n1.Cc1cc2cc(C=O)cnc2[nH]1. The average molecular weight is 460 g/mol. The maximum absolute atomic E-state index is 10.4. The van der Waals surface area contributed by atoms with E-state index in [0.29, 0.717) is 11.4 Å². The van der Waals surface area contributed by atoms with Crippen LogP contribution in [0, 0.1) is 12.8 Å². The largest absolute Gasteiger partial charge is 0.481 e. The van der Waals surface area contributed by atoms with Crippen molar-refractivity contribution in [2.45, 2.75) is 39.3 Å². The molecule has 1 aromatic carbocycles. The van der Waals surface area contributed by atoms with E-state index in [2.05, 4.69) is 49.9 Å².